The first-order valence-corrected chi connectivity index (χ1v) is 9.12. The van der Waals surface area contributed by atoms with Gasteiger partial charge in [0.2, 0.25) is 0 Å². The lowest BCUT2D eigenvalue weighted by atomic mass is 9.92. The number of unbranched alkanes of at least 4 members (excludes halogenated alkanes) is 3. The number of benzene rings is 1. The van der Waals surface area contributed by atoms with Crippen molar-refractivity contribution in [2.45, 2.75) is 57.8 Å². The number of nitrogens with zero attached hydrogens (tertiary/aromatic N) is 1. The molecule has 0 spiro atoms. The van der Waals surface area contributed by atoms with E-state index in [0.29, 0.717) is 0 Å². The zero-order valence-corrected chi connectivity index (χ0v) is 14.2. The summed E-state index contributed by atoms with van der Waals surface area (Å²) in [6.45, 7) is 0.938. The van der Waals surface area contributed by atoms with Gasteiger partial charge in [-0.15, -0.1) is 0 Å². The minimum Gasteiger partial charge on any atom is -0.481 e. The number of carboxylic acid groups (broad SMARTS) is 1. The van der Waals surface area contributed by atoms with Crippen LogP contribution in [-0.2, 0) is 17.6 Å². The number of hydrogen-bond acceptors (Lipinski definition) is 3. The summed E-state index contributed by atoms with van der Waals surface area (Å²) in [7, 11) is 0. The second-order valence-electron chi connectivity index (χ2n) is 6.62. The molecule has 0 amide bonds. The highest BCUT2D eigenvalue weighted by Gasteiger charge is 2.17. The Balaban J connectivity index is 1.64. The Kier molecular flexibility index (Phi) is 5.68. The summed E-state index contributed by atoms with van der Waals surface area (Å²) in [4.78, 5) is 15.4. The van der Waals surface area contributed by atoms with E-state index in [9.17, 15) is 4.79 Å². The van der Waals surface area contributed by atoms with E-state index >= 15 is 0 Å². The number of anilines is 1. The van der Waals surface area contributed by atoms with E-state index in [1.54, 1.807) is 0 Å². The van der Waals surface area contributed by atoms with Gasteiger partial charge in [-0.25, -0.2) is 0 Å². The molecule has 0 fully saturated rings. The molecule has 3 rings (SSSR count). The van der Waals surface area contributed by atoms with Crippen LogP contribution in [0.15, 0.2) is 24.3 Å². The number of fused-ring (bicyclic) bond motifs is 2. The Morgan fingerprint density at radius 3 is 2.75 bits per heavy atom. The Labute approximate surface area is 143 Å². The zero-order chi connectivity index (χ0) is 16.8. The molecule has 0 saturated carbocycles. The lowest BCUT2D eigenvalue weighted by Crippen LogP contribution is -2.12. The minimum absolute atomic E-state index is 0.288. The summed E-state index contributed by atoms with van der Waals surface area (Å²) in [5.74, 6) is -0.692. The quantitative estimate of drug-likeness (QED) is 0.698. The molecule has 1 aliphatic carbocycles. The monoisotopic (exact) mass is 326 g/mol. The van der Waals surface area contributed by atoms with Crippen LogP contribution in [0.3, 0.4) is 0 Å². The smallest absolute Gasteiger partial charge is 0.303 e. The van der Waals surface area contributed by atoms with Crippen LogP contribution in [0.2, 0.25) is 0 Å². The highest BCUT2D eigenvalue weighted by molar-refractivity contribution is 5.93. The predicted octanol–water partition coefficient (Wildman–Crippen LogP) is 4.56. The van der Waals surface area contributed by atoms with Gasteiger partial charge < -0.3 is 10.4 Å². The molecule has 4 nitrogen and oxygen atoms in total. The van der Waals surface area contributed by atoms with Crippen molar-refractivity contribution in [1.82, 2.24) is 4.98 Å². The standard InChI is InChI=1S/C20H26N2O2/c23-19(24)13-3-1-2-8-14-21-20-15-9-4-6-11-17(15)22-18-12-7-5-10-16(18)20/h4,6,9,11H,1-3,5,7-8,10,12-14H2,(H,21,22)(H,23,24). The van der Waals surface area contributed by atoms with Gasteiger partial charge in [-0.1, -0.05) is 31.0 Å². The molecular formula is C20H26N2O2. The van der Waals surface area contributed by atoms with Crippen molar-refractivity contribution in [3.8, 4) is 0 Å². The van der Waals surface area contributed by atoms with Crippen molar-refractivity contribution < 1.29 is 9.90 Å². The Hall–Kier alpha value is -2.10. The van der Waals surface area contributed by atoms with Gasteiger partial charge in [0.05, 0.1) is 5.52 Å². The lowest BCUT2D eigenvalue weighted by molar-refractivity contribution is -0.137. The van der Waals surface area contributed by atoms with E-state index in [2.05, 4.69) is 29.6 Å². The van der Waals surface area contributed by atoms with Gasteiger partial charge in [0, 0.05) is 29.7 Å². The first-order valence-electron chi connectivity index (χ1n) is 9.12. The van der Waals surface area contributed by atoms with Crippen LogP contribution in [0.25, 0.3) is 10.9 Å². The van der Waals surface area contributed by atoms with Gasteiger partial charge in [-0.05, 0) is 50.2 Å². The second kappa shape index (κ2) is 8.13. The molecular weight excluding hydrogens is 300 g/mol. The molecule has 128 valence electrons. The van der Waals surface area contributed by atoms with Crippen LogP contribution < -0.4 is 5.32 Å². The van der Waals surface area contributed by atoms with Gasteiger partial charge in [0.1, 0.15) is 0 Å². The normalized spacial score (nSPS) is 13.7. The molecule has 2 N–H and O–H groups in total. The van der Waals surface area contributed by atoms with Crippen molar-refractivity contribution in [3.63, 3.8) is 0 Å². The summed E-state index contributed by atoms with van der Waals surface area (Å²) < 4.78 is 0. The van der Waals surface area contributed by atoms with Crippen LogP contribution >= 0.6 is 0 Å². The van der Waals surface area contributed by atoms with E-state index in [4.69, 9.17) is 10.1 Å². The van der Waals surface area contributed by atoms with E-state index in [1.807, 2.05) is 0 Å². The fourth-order valence-corrected chi connectivity index (χ4v) is 3.54. The third kappa shape index (κ3) is 4.05. The van der Waals surface area contributed by atoms with Crippen molar-refractivity contribution >= 4 is 22.6 Å². The van der Waals surface area contributed by atoms with Crippen molar-refractivity contribution in [1.29, 1.82) is 0 Å². The van der Waals surface area contributed by atoms with Crippen molar-refractivity contribution in [2.75, 3.05) is 11.9 Å². The average Bonchev–Trinajstić information content (AvgIpc) is 2.59. The third-order valence-corrected chi connectivity index (χ3v) is 4.79. The molecule has 4 heteroatoms. The number of aromatic nitrogens is 1. The molecule has 0 unspecified atom stereocenters. The maximum atomic E-state index is 10.5. The Bertz CT molecular complexity index is 712. The molecule has 0 radical (unpaired) electrons. The number of rotatable bonds is 8. The predicted molar refractivity (Wildman–Crippen MR) is 97.6 cm³/mol. The molecule has 0 atom stereocenters. The van der Waals surface area contributed by atoms with E-state index in [1.165, 1.54) is 35.2 Å². The molecule has 0 bridgehead atoms. The lowest BCUT2D eigenvalue weighted by Gasteiger charge is -2.21. The maximum Gasteiger partial charge on any atom is 0.303 e. The highest BCUT2D eigenvalue weighted by Crippen LogP contribution is 2.33. The molecule has 0 aliphatic heterocycles. The maximum absolute atomic E-state index is 10.5. The summed E-state index contributed by atoms with van der Waals surface area (Å²) >= 11 is 0. The first kappa shape index (κ1) is 16.7. The average molecular weight is 326 g/mol. The Morgan fingerprint density at radius 2 is 1.88 bits per heavy atom. The molecule has 1 aromatic carbocycles. The molecule has 1 aliphatic rings. The minimum atomic E-state index is -0.692. The van der Waals surface area contributed by atoms with Gasteiger partial charge >= 0.3 is 5.97 Å². The molecule has 24 heavy (non-hydrogen) atoms. The van der Waals surface area contributed by atoms with Gasteiger partial charge in [0.15, 0.2) is 0 Å². The molecule has 1 aromatic heterocycles. The molecule has 1 heterocycles. The largest absolute Gasteiger partial charge is 0.481 e. The third-order valence-electron chi connectivity index (χ3n) is 4.79. The van der Waals surface area contributed by atoms with Crippen LogP contribution in [0.4, 0.5) is 5.69 Å². The topological polar surface area (TPSA) is 62.2 Å². The van der Waals surface area contributed by atoms with Gasteiger partial charge in [-0.3, -0.25) is 9.78 Å². The molecule has 2 aromatic rings. The summed E-state index contributed by atoms with van der Waals surface area (Å²) in [5.41, 5.74) is 5.04. The van der Waals surface area contributed by atoms with Crippen LogP contribution in [0.1, 0.15) is 56.2 Å². The number of carbonyl (C=O) groups is 1. The SMILES string of the molecule is O=C(O)CCCCCCNc1c2c(nc3ccccc13)CCCC2. The number of carboxylic acids is 1. The van der Waals surface area contributed by atoms with Crippen LogP contribution in [0.5, 0.6) is 0 Å². The zero-order valence-electron chi connectivity index (χ0n) is 14.2. The van der Waals surface area contributed by atoms with Crippen LogP contribution in [-0.4, -0.2) is 22.6 Å². The first-order chi connectivity index (χ1) is 11.8. The van der Waals surface area contributed by atoms with E-state index < -0.39 is 5.97 Å². The number of pyridine rings is 1. The van der Waals surface area contributed by atoms with Crippen molar-refractivity contribution in [3.05, 3.63) is 35.5 Å². The van der Waals surface area contributed by atoms with Gasteiger partial charge in [0.25, 0.3) is 0 Å². The number of aryl methyl sites for hydroxylation is 1. The summed E-state index contributed by atoms with van der Waals surface area (Å²) in [5, 5.41) is 13.5. The highest BCUT2D eigenvalue weighted by atomic mass is 16.4. The fourth-order valence-electron chi connectivity index (χ4n) is 3.54. The molecule has 0 saturated heterocycles. The Morgan fingerprint density at radius 1 is 1.08 bits per heavy atom. The summed E-state index contributed by atoms with van der Waals surface area (Å²) in [6.07, 6.45) is 8.90. The number of aliphatic carboxylic acids is 1. The summed E-state index contributed by atoms with van der Waals surface area (Å²) in [6, 6.07) is 8.39. The van der Waals surface area contributed by atoms with Crippen LogP contribution in [0, 0.1) is 0 Å². The van der Waals surface area contributed by atoms with Gasteiger partial charge in [-0.2, -0.15) is 0 Å². The van der Waals surface area contributed by atoms with E-state index in [-0.39, 0.29) is 6.42 Å². The number of hydrogen-bond donors (Lipinski definition) is 2. The fraction of sp³-hybridized carbons (Fsp3) is 0.500. The number of nitrogens with one attached hydrogen (secondary N) is 1. The van der Waals surface area contributed by atoms with E-state index in [0.717, 1.165) is 50.6 Å². The second-order valence-corrected chi connectivity index (χ2v) is 6.62. The van der Waals surface area contributed by atoms with Crippen molar-refractivity contribution in [2.24, 2.45) is 0 Å². The number of para-hydroxylation sites is 1.